The number of carbonyl (C=O) groups excluding carboxylic acids is 2. The van der Waals surface area contributed by atoms with Gasteiger partial charge in [0.25, 0.3) is 0 Å². The summed E-state index contributed by atoms with van der Waals surface area (Å²) in [5.74, 6) is 0.800. The van der Waals surface area contributed by atoms with Crippen molar-refractivity contribution < 1.29 is 9.59 Å². The summed E-state index contributed by atoms with van der Waals surface area (Å²) in [6, 6.07) is 13.5. The average molecular weight is 581 g/mol. The number of nitrogens with one attached hydrogen (secondary N) is 1. The van der Waals surface area contributed by atoms with Crippen LogP contribution in [0.5, 0.6) is 0 Å². The summed E-state index contributed by atoms with van der Waals surface area (Å²) >= 11 is 6.24. The maximum atomic E-state index is 12.4. The molecule has 0 spiro atoms. The van der Waals surface area contributed by atoms with Crippen molar-refractivity contribution in [1.82, 2.24) is 24.7 Å². The highest BCUT2D eigenvalue weighted by atomic mass is 35.5. The number of rotatable bonds is 7. The molecule has 7 rings (SSSR count). The number of hydrogen-bond donors (Lipinski definition) is 2. The van der Waals surface area contributed by atoms with Crippen molar-refractivity contribution in [1.29, 1.82) is 0 Å². The van der Waals surface area contributed by atoms with Crippen LogP contribution >= 0.6 is 24.0 Å². The zero-order valence-electron chi connectivity index (χ0n) is 22.1. The number of halogens is 2. The van der Waals surface area contributed by atoms with E-state index in [1.807, 2.05) is 64.1 Å². The Kier molecular flexibility index (Phi) is 7.98. The molecule has 1 aliphatic carbocycles. The number of anilines is 1. The van der Waals surface area contributed by atoms with Gasteiger partial charge in [0.2, 0.25) is 11.6 Å². The molecule has 3 fully saturated rings. The van der Waals surface area contributed by atoms with Crippen LogP contribution in [0.15, 0.2) is 71.8 Å². The summed E-state index contributed by atoms with van der Waals surface area (Å²) in [6.07, 6.45) is 3.30. The Morgan fingerprint density at radius 2 is 1.68 bits per heavy atom. The van der Waals surface area contributed by atoms with Crippen LogP contribution in [0.4, 0.5) is 5.82 Å². The average Bonchev–Trinajstić information content (AvgIpc) is 3.75. The van der Waals surface area contributed by atoms with E-state index in [-0.39, 0.29) is 30.0 Å². The molecule has 1 atom stereocenters. The standard InChI is InChI=1S/C17H17ClN4.C12H13N3O2.ClH/c1-11(19)14-9-12-5-4-7-15(18)16(12)22-17(14)21-10-13-6-2-3-8-20-13;16-9-7-8(13-1-2-13)12(17)11(15-5-6-15)10(9)14-3-4-14;/h2-9,11H,10,19H2,1H3,(H,21,22);7H,1-6H2;1H/t11-;;/m0../s1. The van der Waals surface area contributed by atoms with Crippen molar-refractivity contribution >= 4 is 52.3 Å². The molecule has 3 aromatic rings. The number of benzene rings is 1. The van der Waals surface area contributed by atoms with Crippen LogP contribution in [0.3, 0.4) is 0 Å². The Labute approximate surface area is 244 Å². The molecule has 40 heavy (non-hydrogen) atoms. The first-order valence-electron chi connectivity index (χ1n) is 13.2. The molecule has 1 aromatic carbocycles. The number of nitrogens with zero attached hydrogens (tertiary/aromatic N) is 5. The third-order valence-electron chi connectivity index (χ3n) is 6.97. The number of ketones is 2. The lowest BCUT2D eigenvalue weighted by molar-refractivity contribution is -0.117. The van der Waals surface area contributed by atoms with Crippen LogP contribution in [0.25, 0.3) is 10.9 Å². The summed E-state index contributed by atoms with van der Waals surface area (Å²) in [5, 5.41) is 4.94. The van der Waals surface area contributed by atoms with Crippen molar-refractivity contribution in [3.05, 3.63) is 88.1 Å². The van der Waals surface area contributed by atoms with Crippen molar-refractivity contribution in [2.24, 2.45) is 5.73 Å². The highest BCUT2D eigenvalue weighted by Gasteiger charge is 2.43. The number of carbonyl (C=O) groups is 2. The first kappa shape index (κ1) is 27.9. The molecule has 11 heteroatoms. The predicted octanol–water partition coefficient (Wildman–Crippen LogP) is 3.52. The van der Waals surface area contributed by atoms with Gasteiger partial charge >= 0.3 is 0 Å². The van der Waals surface area contributed by atoms with Crippen LogP contribution in [-0.2, 0) is 16.1 Å². The van der Waals surface area contributed by atoms with Crippen LogP contribution in [0.2, 0.25) is 5.02 Å². The number of hydrogen-bond acceptors (Lipinski definition) is 9. The van der Waals surface area contributed by atoms with Gasteiger partial charge in [-0.3, -0.25) is 14.6 Å². The van der Waals surface area contributed by atoms with Crippen LogP contribution in [0, 0.1) is 0 Å². The fraction of sp³-hybridized carbons (Fsp3) is 0.310. The zero-order valence-corrected chi connectivity index (χ0v) is 23.7. The molecule has 9 nitrogen and oxygen atoms in total. The lowest BCUT2D eigenvalue weighted by Gasteiger charge is -2.21. The van der Waals surface area contributed by atoms with Gasteiger partial charge in [-0.05, 0) is 31.2 Å². The summed E-state index contributed by atoms with van der Waals surface area (Å²) < 4.78 is 0. The summed E-state index contributed by atoms with van der Waals surface area (Å²) in [7, 11) is 0. The lowest BCUT2D eigenvalue weighted by atomic mass is 10.0. The van der Waals surface area contributed by atoms with Crippen molar-refractivity contribution in [2.75, 3.05) is 44.6 Å². The fourth-order valence-electron chi connectivity index (χ4n) is 4.62. The first-order valence-corrected chi connectivity index (χ1v) is 13.6. The molecular formula is C29H31Cl2N7O2. The number of Topliss-reactive ketones (excluding diaryl/α,β-unsaturated/α-hetero) is 1. The third-order valence-corrected chi connectivity index (χ3v) is 7.27. The number of allylic oxidation sites excluding steroid dienone is 1. The molecular weight excluding hydrogens is 549 g/mol. The Bertz CT molecular complexity index is 1510. The second-order valence-corrected chi connectivity index (χ2v) is 10.5. The van der Waals surface area contributed by atoms with Crippen molar-refractivity contribution in [3.63, 3.8) is 0 Å². The smallest absolute Gasteiger partial charge is 0.227 e. The molecule has 3 aliphatic heterocycles. The van der Waals surface area contributed by atoms with E-state index in [1.54, 1.807) is 6.20 Å². The molecule has 4 aliphatic rings. The Morgan fingerprint density at radius 3 is 2.30 bits per heavy atom. The minimum Gasteiger partial charge on any atom is -0.365 e. The molecule has 0 amide bonds. The van der Waals surface area contributed by atoms with E-state index < -0.39 is 0 Å². The minimum atomic E-state index is -0.123. The molecule has 0 unspecified atom stereocenters. The van der Waals surface area contributed by atoms with Gasteiger partial charge in [-0.25, -0.2) is 4.98 Å². The number of aromatic nitrogens is 2. The van der Waals surface area contributed by atoms with Gasteiger partial charge in [-0.2, -0.15) is 0 Å². The highest BCUT2D eigenvalue weighted by molar-refractivity contribution is 6.35. The molecule has 208 valence electrons. The van der Waals surface area contributed by atoms with Gasteiger partial charge in [-0.1, -0.05) is 29.8 Å². The number of pyridine rings is 2. The maximum absolute atomic E-state index is 12.4. The normalized spacial score (nSPS) is 18.1. The fourth-order valence-corrected chi connectivity index (χ4v) is 4.84. The zero-order chi connectivity index (χ0) is 27.1. The Hall–Kier alpha value is -3.66. The number of para-hydroxylation sites is 1. The molecule has 0 bridgehead atoms. The second kappa shape index (κ2) is 11.4. The summed E-state index contributed by atoms with van der Waals surface area (Å²) in [5.41, 5.74) is 10.7. The van der Waals surface area contributed by atoms with Crippen LogP contribution in [0.1, 0.15) is 24.2 Å². The highest BCUT2D eigenvalue weighted by Crippen LogP contribution is 2.34. The van der Waals surface area contributed by atoms with E-state index in [4.69, 9.17) is 17.3 Å². The first-order chi connectivity index (χ1) is 18.9. The predicted molar refractivity (Wildman–Crippen MR) is 158 cm³/mol. The molecule has 2 aromatic heterocycles. The quantitative estimate of drug-likeness (QED) is 0.321. The van der Waals surface area contributed by atoms with Crippen molar-refractivity contribution in [3.8, 4) is 0 Å². The third kappa shape index (κ3) is 5.91. The molecule has 3 saturated heterocycles. The van der Waals surface area contributed by atoms with E-state index in [2.05, 4.69) is 15.3 Å². The summed E-state index contributed by atoms with van der Waals surface area (Å²) in [6.45, 7) is 7.94. The maximum Gasteiger partial charge on any atom is 0.227 e. The van der Waals surface area contributed by atoms with Crippen LogP contribution in [-0.4, -0.2) is 75.5 Å². The van der Waals surface area contributed by atoms with E-state index >= 15 is 0 Å². The van der Waals surface area contributed by atoms with Gasteiger partial charge in [0.15, 0.2) is 0 Å². The monoisotopic (exact) mass is 579 g/mol. The topological polar surface area (TPSA) is 107 Å². The lowest BCUT2D eigenvalue weighted by Crippen LogP contribution is -2.29. The largest absolute Gasteiger partial charge is 0.365 e. The van der Waals surface area contributed by atoms with Gasteiger partial charge in [0, 0.05) is 68.5 Å². The van der Waals surface area contributed by atoms with Gasteiger partial charge < -0.3 is 25.8 Å². The Balaban J connectivity index is 0.000000162. The number of fused-ring (bicyclic) bond motifs is 1. The van der Waals surface area contributed by atoms with E-state index in [1.165, 1.54) is 6.08 Å². The Morgan fingerprint density at radius 1 is 0.975 bits per heavy atom. The minimum absolute atomic E-state index is 0. The van der Waals surface area contributed by atoms with Crippen LogP contribution < -0.4 is 11.1 Å². The van der Waals surface area contributed by atoms with Gasteiger partial charge in [0.05, 0.1) is 28.5 Å². The van der Waals surface area contributed by atoms with Gasteiger partial charge in [-0.15, -0.1) is 12.4 Å². The molecule has 0 radical (unpaired) electrons. The van der Waals surface area contributed by atoms with Gasteiger partial charge in [0.1, 0.15) is 17.2 Å². The molecule has 0 saturated carbocycles. The van der Waals surface area contributed by atoms with E-state index in [0.29, 0.717) is 28.7 Å². The summed E-state index contributed by atoms with van der Waals surface area (Å²) in [4.78, 5) is 39.4. The van der Waals surface area contributed by atoms with Crippen molar-refractivity contribution in [2.45, 2.75) is 19.5 Å². The molecule has 3 N–H and O–H groups in total. The molecule has 5 heterocycles. The van der Waals surface area contributed by atoms with E-state index in [9.17, 15) is 9.59 Å². The SMILES string of the molecule is C[C@H](N)c1cc2cccc(Cl)c2nc1NCc1ccccn1.Cl.O=C1C=C(N2CC2)C(=O)C(N2CC2)=C1N1CC1. The second-order valence-electron chi connectivity index (χ2n) is 10.1. The number of nitrogens with two attached hydrogens (primary N) is 1. The van der Waals surface area contributed by atoms with E-state index in [0.717, 1.165) is 67.2 Å².